The fourth-order valence-corrected chi connectivity index (χ4v) is 9.74. The Labute approximate surface area is 364 Å². The van der Waals surface area contributed by atoms with Crippen molar-refractivity contribution >= 4 is 27.8 Å². The molecule has 1 nitrogen and oxygen atoms in total. The highest BCUT2D eigenvalue weighted by Gasteiger charge is 2.37. The molecule has 294 valence electrons. The summed E-state index contributed by atoms with van der Waals surface area (Å²) < 4.78 is 0. The van der Waals surface area contributed by atoms with Gasteiger partial charge in [0.05, 0.1) is 5.69 Å². The average molecular weight is 792 g/mol. The molecule has 0 fully saturated rings. The summed E-state index contributed by atoms with van der Waals surface area (Å²) in [5, 5.41) is 2.47. The second kappa shape index (κ2) is 15.4. The molecule has 1 aliphatic carbocycles. The number of fused-ring (bicyclic) bond motifs is 4. The zero-order valence-corrected chi connectivity index (χ0v) is 35.0. The van der Waals surface area contributed by atoms with Crippen LogP contribution in [0.4, 0.5) is 17.1 Å². The zero-order valence-electron chi connectivity index (χ0n) is 35.0. The summed E-state index contributed by atoms with van der Waals surface area (Å²) in [5.41, 5.74) is 20.6. The molecule has 1 heteroatoms. The van der Waals surface area contributed by atoms with Crippen LogP contribution in [0, 0.1) is 0 Å². The monoisotopic (exact) mass is 791 g/mol. The summed E-state index contributed by atoms with van der Waals surface area (Å²) in [6.07, 6.45) is 0. The van der Waals surface area contributed by atoms with Crippen molar-refractivity contribution in [3.05, 3.63) is 248 Å². The number of benzene rings is 10. The van der Waals surface area contributed by atoms with E-state index in [0.717, 1.165) is 17.1 Å². The van der Waals surface area contributed by atoms with Crippen molar-refractivity contribution in [2.75, 3.05) is 4.90 Å². The van der Waals surface area contributed by atoms with Crippen LogP contribution in [-0.4, -0.2) is 0 Å². The van der Waals surface area contributed by atoms with Crippen molar-refractivity contribution in [1.29, 1.82) is 0 Å². The van der Waals surface area contributed by atoms with Crippen LogP contribution in [0.2, 0.25) is 0 Å². The first-order chi connectivity index (χ1) is 30.5. The maximum absolute atomic E-state index is 2.44. The Morgan fingerprint density at radius 2 is 0.758 bits per heavy atom. The maximum atomic E-state index is 2.44. The van der Waals surface area contributed by atoms with Gasteiger partial charge in [-0.25, -0.2) is 0 Å². The second-order valence-corrected chi connectivity index (χ2v) is 16.9. The second-order valence-electron chi connectivity index (χ2n) is 16.9. The predicted molar refractivity (Wildman–Crippen MR) is 263 cm³/mol. The third-order valence-corrected chi connectivity index (χ3v) is 12.9. The van der Waals surface area contributed by atoms with Gasteiger partial charge in [0.1, 0.15) is 0 Å². The number of hydrogen-bond donors (Lipinski definition) is 0. The number of nitrogens with zero attached hydrogens (tertiary/aromatic N) is 1. The van der Waals surface area contributed by atoms with E-state index in [9.17, 15) is 0 Å². The van der Waals surface area contributed by atoms with Crippen molar-refractivity contribution in [1.82, 2.24) is 0 Å². The van der Waals surface area contributed by atoms with E-state index in [0.29, 0.717) is 0 Å². The third kappa shape index (κ3) is 6.60. The molecular weight excluding hydrogens is 747 g/mol. The van der Waals surface area contributed by atoms with Crippen LogP contribution in [0.3, 0.4) is 0 Å². The Morgan fingerprint density at radius 1 is 0.290 bits per heavy atom. The summed E-state index contributed by atoms with van der Waals surface area (Å²) in [4.78, 5) is 2.44. The SMILES string of the molecule is CC1(C)c2ccccc2-c2cccc(-c3ccc(N(c4ccc(-c5cccc(-c6ccccc6)c5)cc4)c4cc(-c5ccc6ccccc6c5)ccc4-c4ccccc4)cc3)c21. The van der Waals surface area contributed by atoms with E-state index in [1.165, 1.54) is 88.7 Å². The minimum absolute atomic E-state index is 0.108. The number of rotatable bonds is 8. The molecule has 0 heterocycles. The summed E-state index contributed by atoms with van der Waals surface area (Å²) in [6.45, 7) is 4.74. The van der Waals surface area contributed by atoms with Gasteiger partial charge in [0, 0.05) is 22.4 Å². The summed E-state index contributed by atoms with van der Waals surface area (Å²) in [7, 11) is 0. The Bertz CT molecular complexity index is 3230. The topological polar surface area (TPSA) is 3.24 Å². The van der Waals surface area contributed by atoms with Crippen LogP contribution < -0.4 is 4.90 Å². The molecule has 1 aliphatic rings. The Kier molecular flexibility index (Phi) is 9.24. The fraction of sp³-hybridized carbons (Fsp3) is 0.0492. The van der Waals surface area contributed by atoms with E-state index in [4.69, 9.17) is 0 Å². The molecule has 0 aromatic heterocycles. The smallest absolute Gasteiger partial charge is 0.0546 e. The first kappa shape index (κ1) is 37.3. The van der Waals surface area contributed by atoms with Crippen LogP contribution in [0.5, 0.6) is 0 Å². The molecule has 0 saturated heterocycles. The molecule has 62 heavy (non-hydrogen) atoms. The number of hydrogen-bond acceptors (Lipinski definition) is 1. The van der Waals surface area contributed by atoms with Gasteiger partial charge in [-0.05, 0) is 126 Å². The van der Waals surface area contributed by atoms with Crippen LogP contribution in [0.25, 0.3) is 77.5 Å². The van der Waals surface area contributed by atoms with Crippen molar-refractivity contribution in [3.63, 3.8) is 0 Å². The Balaban J connectivity index is 1.06. The van der Waals surface area contributed by atoms with E-state index in [2.05, 4.69) is 255 Å². The van der Waals surface area contributed by atoms with Gasteiger partial charge in [-0.15, -0.1) is 0 Å². The largest absolute Gasteiger partial charge is 0.310 e. The van der Waals surface area contributed by atoms with Gasteiger partial charge in [-0.1, -0.05) is 208 Å². The van der Waals surface area contributed by atoms with Gasteiger partial charge < -0.3 is 4.90 Å². The molecule has 10 aromatic carbocycles. The Hall–Kier alpha value is -7.74. The standard InChI is InChI=1S/C61H45N/c1-61(2)58-26-12-11-23-56(58)57-25-14-24-55(60(57)61)46-31-36-53(37-32-46)62(52-34-29-44(30-35-52)49-22-13-21-48(39-49)42-15-5-3-6-16-42)59-41-51(33-38-54(59)45-18-7-4-8-19-45)50-28-27-43-17-9-10-20-47(43)40-50/h3-41H,1-2H3. The van der Waals surface area contributed by atoms with Crippen LogP contribution >= 0.6 is 0 Å². The molecule has 11 rings (SSSR count). The highest BCUT2D eigenvalue weighted by molar-refractivity contribution is 5.94. The van der Waals surface area contributed by atoms with E-state index in [1.54, 1.807) is 0 Å². The molecule has 0 spiro atoms. The molecule has 0 saturated carbocycles. The normalized spacial score (nSPS) is 12.5. The lowest BCUT2D eigenvalue weighted by molar-refractivity contribution is 0.662. The zero-order chi connectivity index (χ0) is 41.6. The van der Waals surface area contributed by atoms with Crippen LogP contribution in [0.1, 0.15) is 25.0 Å². The predicted octanol–water partition coefficient (Wildman–Crippen LogP) is 17.0. The lowest BCUT2D eigenvalue weighted by atomic mass is 9.79. The highest BCUT2D eigenvalue weighted by Crippen LogP contribution is 2.52. The lowest BCUT2D eigenvalue weighted by Gasteiger charge is -2.29. The van der Waals surface area contributed by atoms with Crippen molar-refractivity contribution in [3.8, 4) is 66.8 Å². The molecular formula is C61H45N. The summed E-state index contributed by atoms with van der Waals surface area (Å²) >= 11 is 0. The summed E-state index contributed by atoms with van der Waals surface area (Å²) in [6, 6.07) is 86.6. The van der Waals surface area contributed by atoms with Gasteiger partial charge in [-0.3, -0.25) is 0 Å². The number of anilines is 3. The molecule has 0 bridgehead atoms. The van der Waals surface area contributed by atoms with Crippen LogP contribution in [0.15, 0.2) is 237 Å². The van der Waals surface area contributed by atoms with Crippen LogP contribution in [-0.2, 0) is 5.41 Å². The lowest BCUT2D eigenvalue weighted by Crippen LogP contribution is -2.16. The van der Waals surface area contributed by atoms with E-state index in [-0.39, 0.29) is 5.41 Å². The van der Waals surface area contributed by atoms with Gasteiger partial charge in [0.2, 0.25) is 0 Å². The molecule has 0 radical (unpaired) electrons. The molecule has 0 amide bonds. The minimum atomic E-state index is -0.108. The molecule has 0 N–H and O–H groups in total. The fourth-order valence-electron chi connectivity index (χ4n) is 9.74. The van der Waals surface area contributed by atoms with Gasteiger partial charge in [0.15, 0.2) is 0 Å². The van der Waals surface area contributed by atoms with Crippen molar-refractivity contribution in [2.24, 2.45) is 0 Å². The van der Waals surface area contributed by atoms with E-state index in [1.807, 2.05) is 0 Å². The molecule has 10 aromatic rings. The van der Waals surface area contributed by atoms with Crippen molar-refractivity contribution < 1.29 is 0 Å². The van der Waals surface area contributed by atoms with Gasteiger partial charge >= 0.3 is 0 Å². The maximum Gasteiger partial charge on any atom is 0.0546 e. The van der Waals surface area contributed by atoms with Gasteiger partial charge in [0.25, 0.3) is 0 Å². The Morgan fingerprint density at radius 3 is 1.48 bits per heavy atom. The molecule has 0 atom stereocenters. The third-order valence-electron chi connectivity index (χ3n) is 12.9. The minimum Gasteiger partial charge on any atom is -0.310 e. The average Bonchev–Trinajstić information content (AvgIpc) is 3.58. The quantitative estimate of drug-likeness (QED) is 0.148. The van der Waals surface area contributed by atoms with E-state index >= 15 is 0 Å². The molecule has 0 unspecified atom stereocenters. The van der Waals surface area contributed by atoms with E-state index < -0.39 is 0 Å². The first-order valence-corrected chi connectivity index (χ1v) is 21.6. The molecule has 0 aliphatic heterocycles. The highest BCUT2D eigenvalue weighted by atomic mass is 15.1. The van der Waals surface area contributed by atoms with Crippen molar-refractivity contribution in [2.45, 2.75) is 19.3 Å². The van der Waals surface area contributed by atoms with Gasteiger partial charge in [-0.2, -0.15) is 0 Å². The summed E-state index contributed by atoms with van der Waals surface area (Å²) in [5.74, 6) is 0. The first-order valence-electron chi connectivity index (χ1n) is 21.6.